The molecule has 0 spiro atoms. The van der Waals surface area contributed by atoms with Crippen molar-refractivity contribution in [3.63, 3.8) is 0 Å². The van der Waals surface area contributed by atoms with E-state index >= 15 is 0 Å². The van der Waals surface area contributed by atoms with Crippen LogP contribution in [-0.2, 0) is 6.54 Å². The lowest BCUT2D eigenvalue weighted by Gasteiger charge is -2.38. The van der Waals surface area contributed by atoms with Crippen LogP contribution in [-0.4, -0.2) is 41.0 Å². The summed E-state index contributed by atoms with van der Waals surface area (Å²) in [5.41, 5.74) is 2.36. The number of hydrogen-bond donors (Lipinski definition) is 0. The molecule has 1 atom stereocenters. The second-order valence-electron chi connectivity index (χ2n) is 6.15. The van der Waals surface area contributed by atoms with Crippen molar-refractivity contribution in [1.82, 2.24) is 14.9 Å². The normalized spacial score (nSPS) is 18.7. The molecular formula is C18H24N4. The third kappa shape index (κ3) is 3.63. The van der Waals surface area contributed by atoms with Crippen LogP contribution in [0.2, 0.25) is 0 Å². The van der Waals surface area contributed by atoms with E-state index in [2.05, 4.69) is 51.1 Å². The van der Waals surface area contributed by atoms with E-state index in [0.717, 1.165) is 31.1 Å². The molecule has 0 bridgehead atoms. The molecule has 0 amide bonds. The van der Waals surface area contributed by atoms with Gasteiger partial charge in [-0.2, -0.15) is 0 Å². The average Bonchev–Trinajstić information content (AvgIpc) is 2.58. The molecule has 0 N–H and O–H groups in total. The molecule has 3 rings (SSSR count). The molecule has 0 saturated carbocycles. The number of nitrogens with zero attached hydrogens (tertiary/aromatic N) is 4. The van der Waals surface area contributed by atoms with Gasteiger partial charge in [0.05, 0.1) is 0 Å². The van der Waals surface area contributed by atoms with Crippen LogP contribution in [0.5, 0.6) is 0 Å². The lowest BCUT2D eigenvalue weighted by molar-refractivity contribution is 0.207. The number of piperidine rings is 1. The smallest absolute Gasteiger partial charge is 0.128 e. The highest BCUT2D eigenvalue weighted by Gasteiger charge is 2.23. The Morgan fingerprint density at radius 1 is 1.23 bits per heavy atom. The van der Waals surface area contributed by atoms with Gasteiger partial charge in [0.1, 0.15) is 5.82 Å². The van der Waals surface area contributed by atoms with E-state index in [9.17, 15) is 0 Å². The number of aromatic nitrogens is 2. The van der Waals surface area contributed by atoms with Crippen molar-refractivity contribution in [1.29, 1.82) is 0 Å². The molecule has 4 heteroatoms. The second kappa shape index (κ2) is 6.88. The van der Waals surface area contributed by atoms with Gasteiger partial charge in [-0.1, -0.05) is 12.1 Å². The number of hydrogen-bond acceptors (Lipinski definition) is 4. The number of likely N-dealkylation sites (N-methyl/N-ethyl adjacent to an activating group) is 1. The van der Waals surface area contributed by atoms with Crippen molar-refractivity contribution >= 4 is 5.82 Å². The Kier molecular flexibility index (Phi) is 4.68. The van der Waals surface area contributed by atoms with Crippen LogP contribution < -0.4 is 4.90 Å². The van der Waals surface area contributed by atoms with Gasteiger partial charge in [0, 0.05) is 43.8 Å². The van der Waals surface area contributed by atoms with Crippen LogP contribution in [0.1, 0.15) is 24.1 Å². The molecule has 0 radical (unpaired) electrons. The first kappa shape index (κ1) is 15.0. The number of rotatable bonds is 4. The van der Waals surface area contributed by atoms with Gasteiger partial charge in [-0.15, -0.1) is 0 Å². The summed E-state index contributed by atoms with van der Waals surface area (Å²) >= 11 is 0. The maximum absolute atomic E-state index is 4.49. The lowest BCUT2D eigenvalue weighted by atomic mass is 10.0. The average molecular weight is 296 g/mol. The predicted octanol–water partition coefficient (Wildman–Crippen LogP) is 2.89. The summed E-state index contributed by atoms with van der Waals surface area (Å²) in [6, 6.07) is 11.0. The van der Waals surface area contributed by atoms with E-state index in [1.807, 2.05) is 25.4 Å². The highest BCUT2D eigenvalue weighted by atomic mass is 15.2. The Balaban J connectivity index is 1.62. The summed E-state index contributed by atoms with van der Waals surface area (Å²) in [4.78, 5) is 13.7. The number of pyridine rings is 2. The van der Waals surface area contributed by atoms with E-state index in [0.29, 0.717) is 6.04 Å². The van der Waals surface area contributed by atoms with Crippen molar-refractivity contribution in [3.8, 4) is 0 Å². The van der Waals surface area contributed by atoms with Gasteiger partial charge in [0.25, 0.3) is 0 Å². The summed E-state index contributed by atoms with van der Waals surface area (Å²) < 4.78 is 0. The van der Waals surface area contributed by atoms with E-state index in [1.165, 1.54) is 18.4 Å². The van der Waals surface area contributed by atoms with Crippen LogP contribution in [0.3, 0.4) is 0 Å². The molecular weight excluding hydrogens is 272 g/mol. The molecule has 1 saturated heterocycles. The van der Waals surface area contributed by atoms with Crippen LogP contribution in [0.4, 0.5) is 5.82 Å². The molecule has 1 aliphatic rings. The highest BCUT2D eigenvalue weighted by molar-refractivity contribution is 5.38. The minimum atomic E-state index is 0.567. The van der Waals surface area contributed by atoms with Gasteiger partial charge in [0.2, 0.25) is 0 Å². The van der Waals surface area contributed by atoms with Crippen molar-refractivity contribution in [2.45, 2.75) is 32.4 Å². The number of anilines is 1. The lowest BCUT2D eigenvalue weighted by Crippen LogP contribution is -2.46. The molecule has 3 heterocycles. The summed E-state index contributed by atoms with van der Waals surface area (Å²) in [7, 11) is 2.21. The van der Waals surface area contributed by atoms with Crippen molar-refractivity contribution in [2.75, 3.05) is 25.0 Å². The van der Waals surface area contributed by atoms with Gasteiger partial charge >= 0.3 is 0 Å². The molecule has 1 unspecified atom stereocenters. The first-order valence-corrected chi connectivity index (χ1v) is 8.00. The SMILES string of the molecule is Cc1ccc(CN(C)C2CCCN(c3ccccn3)C2)cn1. The first-order chi connectivity index (χ1) is 10.7. The van der Waals surface area contributed by atoms with E-state index in [4.69, 9.17) is 0 Å². The Hall–Kier alpha value is -1.94. The fourth-order valence-electron chi connectivity index (χ4n) is 3.07. The minimum Gasteiger partial charge on any atom is -0.355 e. The van der Waals surface area contributed by atoms with Crippen molar-refractivity contribution < 1.29 is 0 Å². The molecule has 116 valence electrons. The number of aryl methyl sites for hydroxylation is 1. The van der Waals surface area contributed by atoms with E-state index < -0.39 is 0 Å². The molecule has 0 aliphatic carbocycles. The van der Waals surface area contributed by atoms with E-state index in [1.54, 1.807) is 0 Å². The monoisotopic (exact) mass is 296 g/mol. The van der Waals surface area contributed by atoms with Crippen LogP contribution in [0, 0.1) is 6.92 Å². The summed E-state index contributed by atoms with van der Waals surface area (Å²) in [6.07, 6.45) is 6.34. The fourth-order valence-corrected chi connectivity index (χ4v) is 3.07. The van der Waals surface area contributed by atoms with Gasteiger partial charge in [-0.05, 0) is 50.6 Å². The Morgan fingerprint density at radius 3 is 2.86 bits per heavy atom. The molecule has 2 aromatic rings. The Labute approximate surface area is 132 Å². The minimum absolute atomic E-state index is 0.567. The van der Waals surface area contributed by atoms with Crippen molar-refractivity contribution in [3.05, 3.63) is 54.0 Å². The third-order valence-corrected chi connectivity index (χ3v) is 4.40. The Bertz CT molecular complexity index is 582. The quantitative estimate of drug-likeness (QED) is 0.868. The molecule has 1 aliphatic heterocycles. The second-order valence-corrected chi connectivity index (χ2v) is 6.15. The zero-order valence-electron chi connectivity index (χ0n) is 13.4. The molecule has 2 aromatic heterocycles. The summed E-state index contributed by atoms with van der Waals surface area (Å²) in [5.74, 6) is 1.10. The van der Waals surface area contributed by atoms with Crippen LogP contribution in [0.25, 0.3) is 0 Å². The maximum Gasteiger partial charge on any atom is 0.128 e. The highest BCUT2D eigenvalue weighted by Crippen LogP contribution is 2.21. The fraction of sp³-hybridized carbons (Fsp3) is 0.444. The largest absolute Gasteiger partial charge is 0.355 e. The standard InChI is InChI=1S/C18H24N4/c1-15-8-9-16(12-20-15)13-21(2)17-6-5-11-22(14-17)18-7-3-4-10-19-18/h3-4,7-10,12,17H,5-6,11,13-14H2,1-2H3. The zero-order valence-corrected chi connectivity index (χ0v) is 13.4. The topological polar surface area (TPSA) is 32.3 Å². The summed E-state index contributed by atoms with van der Waals surface area (Å²) in [5, 5.41) is 0. The van der Waals surface area contributed by atoms with Gasteiger partial charge in [-0.3, -0.25) is 9.88 Å². The van der Waals surface area contributed by atoms with Crippen LogP contribution in [0.15, 0.2) is 42.7 Å². The van der Waals surface area contributed by atoms with Gasteiger partial charge in [0.15, 0.2) is 0 Å². The van der Waals surface area contributed by atoms with Gasteiger partial charge < -0.3 is 4.90 Å². The maximum atomic E-state index is 4.49. The summed E-state index contributed by atoms with van der Waals surface area (Å²) in [6.45, 7) is 5.13. The predicted molar refractivity (Wildman–Crippen MR) is 89.9 cm³/mol. The first-order valence-electron chi connectivity index (χ1n) is 8.00. The third-order valence-electron chi connectivity index (χ3n) is 4.40. The zero-order chi connectivity index (χ0) is 15.4. The van der Waals surface area contributed by atoms with E-state index in [-0.39, 0.29) is 0 Å². The molecule has 4 nitrogen and oxygen atoms in total. The molecule has 1 fully saturated rings. The molecule has 0 aromatic carbocycles. The van der Waals surface area contributed by atoms with Crippen LogP contribution >= 0.6 is 0 Å². The molecule has 22 heavy (non-hydrogen) atoms. The van der Waals surface area contributed by atoms with Crippen molar-refractivity contribution in [2.24, 2.45) is 0 Å². The Morgan fingerprint density at radius 2 is 2.14 bits per heavy atom. The van der Waals surface area contributed by atoms with Gasteiger partial charge in [-0.25, -0.2) is 4.98 Å².